The third kappa shape index (κ3) is 32.7. The normalized spacial score (nSPS) is 10.6. The van der Waals surface area contributed by atoms with Gasteiger partial charge in [0.05, 0.1) is 13.0 Å². The molecule has 0 aliphatic heterocycles. The number of hydrogen-bond donors (Lipinski definition) is 2. The van der Waals surface area contributed by atoms with Gasteiger partial charge in [0.2, 0.25) is 0 Å². The summed E-state index contributed by atoms with van der Waals surface area (Å²) in [5.74, 6) is -0.807. The Bertz CT molecular complexity index is 264. The summed E-state index contributed by atoms with van der Waals surface area (Å²) < 4.78 is 10.8. The lowest BCUT2D eigenvalue weighted by Gasteiger charge is -2.30. The van der Waals surface area contributed by atoms with E-state index < -0.39 is 22.6 Å². The molecule has 6 nitrogen and oxygen atoms in total. The summed E-state index contributed by atoms with van der Waals surface area (Å²) in [5.41, 5.74) is 0. The minimum absolute atomic E-state index is 0.105. The van der Waals surface area contributed by atoms with Crippen molar-refractivity contribution < 1.29 is 28.7 Å². The summed E-state index contributed by atoms with van der Waals surface area (Å²) in [6, 6.07) is 1.23. The second-order valence-corrected chi connectivity index (χ2v) is 15.0. The molecule has 0 saturated heterocycles. The van der Waals surface area contributed by atoms with E-state index in [0.717, 1.165) is 0 Å². The molecule has 0 atom stereocenters. The molecule has 0 heterocycles. The van der Waals surface area contributed by atoms with Crippen LogP contribution in [0.3, 0.4) is 0 Å². The van der Waals surface area contributed by atoms with E-state index in [1.165, 1.54) is 6.04 Å². The zero-order valence-electron chi connectivity index (χ0n) is 14.4. The van der Waals surface area contributed by atoms with Gasteiger partial charge in [-0.2, -0.15) is 0 Å². The van der Waals surface area contributed by atoms with Crippen LogP contribution in [-0.2, 0) is 18.4 Å². The quantitative estimate of drug-likeness (QED) is 0.420. The number of ether oxygens (including phenoxy) is 1. The lowest BCUT2D eigenvalue weighted by molar-refractivity contribution is -0.138. The van der Waals surface area contributed by atoms with Crippen LogP contribution in [0.15, 0.2) is 0 Å². The highest BCUT2D eigenvalue weighted by Gasteiger charge is 2.27. The van der Waals surface area contributed by atoms with Crippen molar-refractivity contribution >= 4 is 29.1 Å². The van der Waals surface area contributed by atoms with Gasteiger partial charge in [-0.1, -0.05) is 6.92 Å². The van der Waals surface area contributed by atoms with Crippen LogP contribution in [-0.4, -0.2) is 52.5 Å². The van der Waals surface area contributed by atoms with Crippen molar-refractivity contribution in [1.82, 2.24) is 0 Å². The third-order valence-corrected chi connectivity index (χ3v) is 8.46. The van der Waals surface area contributed by atoms with Crippen molar-refractivity contribution in [2.24, 2.45) is 0 Å². The maximum absolute atomic E-state index is 9.79. The first-order valence-corrected chi connectivity index (χ1v) is 13.6. The van der Waals surface area contributed by atoms with E-state index in [4.69, 9.17) is 23.9 Å². The molecule has 0 saturated carbocycles. The predicted molar refractivity (Wildman–Crippen MR) is 89.8 cm³/mol. The van der Waals surface area contributed by atoms with Crippen LogP contribution in [0, 0.1) is 0 Å². The van der Waals surface area contributed by atoms with Crippen LogP contribution < -0.4 is 0 Å². The van der Waals surface area contributed by atoms with Crippen molar-refractivity contribution in [2.75, 3.05) is 13.2 Å². The Labute approximate surface area is 130 Å². The van der Waals surface area contributed by atoms with Gasteiger partial charge in [0.15, 0.2) is 16.6 Å². The summed E-state index contributed by atoms with van der Waals surface area (Å²) in [7, 11) is -2.50. The molecule has 0 radical (unpaired) electrons. The molecule has 128 valence electrons. The molecular formula is C13H32O6Si2. The highest BCUT2D eigenvalue weighted by molar-refractivity contribution is 6.84. The van der Waals surface area contributed by atoms with Crippen LogP contribution in [0.25, 0.3) is 0 Å². The average molecular weight is 341 g/mol. The maximum atomic E-state index is 9.79. The number of carboxylic acids is 1. The van der Waals surface area contributed by atoms with E-state index in [1.54, 1.807) is 0 Å². The van der Waals surface area contributed by atoms with E-state index in [2.05, 4.69) is 39.7 Å². The third-order valence-electron chi connectivity index (χ3n) is 2.10. The molecule has 0 aromatic heterocycles. The molecule has 0 unspecified atom stereocenters. The molecule has 0 aromatic carbocycles. The summed E-state index contributed by atoms with van der Waals surface area (Å²) >= 11 is 0. The number of carbonyl (C=O) groups is 2. The minimum atomic E-state index is -1.25. The van der Waals surface area contributed by atoms with Crippen LogP contribution in [0.1, 0.15) is 20.3 Å². The monoisotopic (exact) mass is 340 g/mol. The van der Waals surface area contributed by atoms with Gasteiger partial charge in [0.25, 0.3) is 6.47 Å². The van der Waals surface area contributed by atoms with Gasteiger partial charge >= 0.3 is 5.97 Å². The molecule has 21 heavy (non-hydrogen) atoms. The van der Waals surface area contributed by atoms with Gasteiger partial charge in [-0.05, 0) is 45.7 Å². The second kappa shape index (κ2) is 14.2. The maximum Gasteiger partial charge on any atom is 0.305 e. The van der Waals surface area contributed by atoms with E-state index in [0.29, 0.717) is 13.2 Å². The van der Waals surface area contributed by atoms with E-state index >= 15 is 0 Å². The van der Waals surface area contributed by atoms with Crippen molar-refractivity contribution in [1.29, 1.82) is 0 Å². The molecule has 2 N–H and O–H groups in total. The van der Waals surface area contributed by atoms with Gasteiger partial charge in [-0.3, -0.25) is 9.59 Å². The Kier molecular flexibility index (Phi) is 17.1. The van der Waals surface area contributed by atoms with Crippen molar-refractivity contribution in [2.45, 2.75) is 59.0 Å². The number of rotatable bonds is 7. The SMILES string of the molecule is CCOCCC(=O)O.CC[Si](C)(C)O[Si](C)(C)C.O=CO. The lowest BCUT2D eigenvalue weighted by atomic mass is 10.5. The minimum Gasteiger partial charge on any atom is -0.483 e. The van der Waals surface area contributed by atoms with E-state index in [9.17, 15) is 4.79 Å². The van der Waals surface area contributed by atoms with Crippen LogP contribution in [0.5, 0.6) is 0 Å². The standard InChI is InChI=1S/C7H20OSi2.C5H10O3.CH2O2/c1-7-10(5,6)8-9(2,3)4;1-2-8-4-3-5(6)7;2-1-3/h7H2,1-6H3;2-4H2,1H3,(H,6,7);1H,(H,2,3). The smallest absolute Gasteiger partial charge is 0.305 e. The Morgan fingerprint density at radius 2 is 1.57 bits per heavy atom. The molecule has 0 rings (SSSR count). The summed E-state index contributed by atoms with van der Waals surface area (Å²) in [6.07, 6.45) is 0.105. The highest BCUT2D eigenvalue weighted by Crippen LogP contribution is 2.16. The van der Waals surface area contributed by atoms with Gasteiger partial charge in [-0.15, -0.1) is 0 Å². The molecule has 0 spiro atoms. The van der Waals surface area contributed by atoms with Gasteiger partial charge in [0, 0.05) is 6.61 Å². The number of hydrogen-bond acceptors (Lipinski definition) is 4. The molecule has 8 heteroatoms. The summed E-state index contributed by atoms with van der Waals surface area (Å²) in [6.45, 7) is 16.1. The van der Waals surface area contributed by atoms with Gasteiger partial charge in [-0.25, -0.2) is 0 Å². The van der Waals surface area contributed by atoms with Crippen LogP contribution >= 0.6 is 0 Å². The molecular weight excluding hydrogens is 308 g/mol. The molecule has 0 aliphatic carbocycles. The van der Waals surface area contributed by atoms with Crippen LogP contribution in [0.2, 0.25) is 38.8 Å². The Morgan fingerprint density at radius 3 is 1.76 bits per heavy atom. The van der Waals surface area contributed by atoms with E-state index in [1.807, 2.05) is 6.92 Å². The fourth-order valence-corrected chi connectivity index (χ4v) is 8.41. The van der Waals surface area contributed by atoms with E-state index in [-0.39, 0.29) is 12.9 Å². The van der Waals surface area contributed by atoms with Gasteiger partial charge < -0.3 is 19.1 Å². The van der Waals surface area contributed by atoms with Crippen molar-refractivity contribution in [3.05, 3.63) is 0 Å². The number of aliphatic carboxylic acids is 1. The fraction of sp³-hybridized carbons (Fsp3) is 0.846. The predicted octanol–water partition coefficient (Wildman–Crippen LogP) is 3.26. The molecule has 0 aromatic rings. The van der Waals surface area contributed by atoms with Gasteiger partial charge in [0.1, 0.15) is 0 Å². The Balaban J connectivity index is -0.000000264. The van der Waals surface area contributed by atoms with Crippen molar-refractivity contribution in [3.8, 4) is 0 Å². The van der Waals surface area contributed by atoms with Crippen molar-refractivity contribution in [3.63, 3.8) is 0 Å². The molecule has 0 amide bonds. The zero-order valence-corrected chi connectivity index (χ0v) is 16.4. The first-order chi connectivity index (χ1) is 9.45. The molecule has 0 fully saturated rings. The largest absolute Gasteiger partial charge is 0.483 e. The lowest BCUT2D eigenvalue weighted by Crippen LogP contribution is -2.41. The Hall–Kier alpha value is -0.706. The van der Waals surface area contributed by atoms with Crippen LogP contribution in [0.4, 0.5) is 0 Å². The average Bonchev–Trinajstić information content (AvgIpc) is 2.28. The summed E-state index contributed by atoms with van der Waals surface area (Å²) in [4.78, 5) is 18.2. The zero-order chi connectivity index (χ0) is 17.5. The fourth-order valence-electron chi connectivity index (χ4n) is 1.20. The number of carboxylic acid groups (broad SMARTS) is 2. The molecule has 0 bridgehead atoms. The Morgan fingerprint density at radius 1 is 1.14 bits per heavy atom. The first-order valence-electron chi connectivity index (χ1n) is 7.03. The topological polar surface area (TPSA) is 93.1 Å². The second-order valence-electron chi connectivity index (χ2n) is 5.77. The highest BCUT2D eigenvalue weighted by atomic mass is 28.4. The first kappa shape index (κ1) is 25.3. The summed E-state index contributed by atoms with van der Waals surface area (Å²) in [5, 5.41) is 14.9. The molecule has 0 aliphatic rings.